The van der Waals surface area contributed by atoms with Crippen molar-refractivity contribution in [2.24, 2.45) is 17.8 Å². The molecule has 3 aliphatic rings. The number of benzene rings is 1. The third kappa shape index (κ3) is 4.60. The predicted molar refractivity (Wildman–Crippen MR) is 141 cm³/mol. The molecule has 8 nitrogen and oxygen atoms in total. The molecule has 4 rings (SSSR count). The second-order valence-electron chi connectivity index (χ2n) is 10.3. The lowest BCUT2D eigenvalue weighted by Crippen LogP contribution is -2.57. The summed E-state index contributed by atoms with van der Waals surface area (Å²) in [4.78, 5) is 42.8. The van der Waals surface area contributed by atoms with E-state index in [1.807, 2.05) is 26.0 Å². The number of carbonyl (C=O) groups is 3. The van der Waals surface area contributed by atoms with Gasteiger partial charge in [-0.05, 0) is 63.3 Å². The van der Waals surface area contributed by atoms with Gasteiger partial charge in [0.25, 0.3) is 0 Å². The highest BCUT2D eigenvalue weighted by Crippen LogP contribution is 2.68. The lowest BCUT2D eigenvalue weighted by molar-refractivity contribution is -0.139. The number of nitrogens with zero attached hydrogens (tertiary/aromatic N) is 1. The number of hydrogen-bond donors (Lipinski definition) is 3. The molecule has 3 saturated heterocycles. The number of amides is 3. The standard InChI is InChI=1S/C27H39N3O5S/c1-5-8-17(4)28-25(33)23-27-16(3)15-20(36-27)21(22(27)26(34)30(23)13-7-14-31)24(32)29-18-9-11-19(12-10-18)35-6-2/h9-12,16-17,20-23,31H,5-8,13-15H2,1-4H3,(H,28,33)(H,29,32)/t16?,17?,20-,21+,22-,23?,27?/m0/s1. The van der Waals surface area contributed by atoms with Crippen LogP contribution in [0.5, 0.6) is 5.75 Å². The Balaban J connectivity index is 1.62. The molecule has 4 unspecified atom stereocenters. The summed E-state index contributed by atoms with van der Waals surface area (Å²) in [6, 6.07) is 6.59. The van der Waals surface area contributed by atoms with Crippen molar-refractivity contribution in [2.75, 3.05) is 25.1 Å². The van der Waals surface area contributed by atoms with Crippen molar-refractivity contribution in [3.8, 4) is 5.75 Å². The zero-order valence-electron chi connectivity index (χ0n) is 21.7. The number of anilines is 1. The third-order valence-corrected chi connectivity index (χ3v) is 9.97. The first-order valence-electron chi connectivity index (χ1n) is 13.2. The molecule has 2 bridgehead atoms. The van der Waals surface area contributed by atoms with Gasteiger partial charge in [-0.25, -0.2) is 0 Å². The minimum Gasteiger partial charge on any atom is -0.494 e. The summed E-state index contributed by atoms with van der Waals surface area (Å²) in [6.45, 7) is 8.90. The fourth-order valence-electron chi connectivity index (χ4n) is 6.45. The van der Waals surface area contributed by atoms with Crippen LogP contribution in [0.15, 0.2) is 24.3 Å². The number of rotatable bonds is 11. The van der Waals surface area contributed by atoms with Crippen molar-refractivity contribution < 1.29 is 24.2 Å². The first-order chi connectivity index (χ1) is 17.3. The van der Waals surface area contributed by atoms with E-state index in [4.69, 9.17) is 4.74 Å². The van der Waals surface area contributed by atoms with Gasteiger partial charge in [0, 0.05) is 30.1 Å². The van der Waals surface area contributed by atoms with Crippen LogP contribution in [0.1, 0.15) is 53.4 Å². The number of hydrogen-bond acceptors (Lipinski definition) is 6. The van der Waals surface area contributed by atoms with Crippen LogP contribution in [0.2, 0.25) is 0 Å². The predicted octanol–water partition coefficient (Wildman–Crippen LogP) is 3.05. The van der Waals surface area contributed by atoms with Crippen molar-refractivity contribution in [1.29, 1.82) is 0 Å². The van der Waals surface area contributed by atoms with Gasteiger partial charge in [-0.3, -0.25) is 14.4 Å². The summed E-state index contributed by atoms with van der Waals surface area (Å²) >= 11 is 1.66. The van der Waals surface area contributed by atoms with Crippen molar-refractivity contribution in [1.82, 2.24) is 10.2 Å². The molecular weight excluding hydrogens is 478 g/mol. The maximum Gasteiger partial charge on any atom is 0.244 e. The smallest absolute Gasteiger partial charge is 0.244 e. The number of likely N-dealkylation sites (tertiary alicyclic amines) is 1. The van der Waals surface area contributed by atoms with Gasteiger partial charge in [-0.2, -0.15) is 0 Å². The van der Waals surface area contributed by atoms with E-state index in [0.717, 1.165) is 25.0 Å². The lowest BCUT2D eigenvalue weighted by Gasteiger charge is -2.39. The molecule has 0 aromatic heterocycles. The minimum absolute atomic E-state index is 0.00501. The molecule has 1 spiro atoms. The number of carbonyl (C=O) groups excluding carboxylic acids is 3. The Morgan fingerprint density at radius 2 is 1.97 bits per heavy atom. The Labute approximate surface area is 217 Å². The van der Waals surface area contributed by atoms with Gasteiger partial charge >= 0.3 is 0 Å². The number of aliphatic hydroxyl groups is 1. The molecule has 198 valence electrons. The highest BCUT2D eigenvalue weighted by molar-refractivity contribution is 8.02. The molecular formula is C27H39N3O5S. The van der Waals surface area contributed by atoms with Crippen LogP contribution in [0.4, 0.5) is 5.69 Å². The van der Waals surface area contributed by atoms with Crippen LogP contribution in [-0.2, 0) is 14.4 Å². The van der Waals surface area contributed by atoms with E-state index in [0.29, 0.717) is 25.3 Å². The Kier molecular flexibility index (Phi) is 8.19. The van der Waals surface area contributed by atoms with E-state index in [1.54, 1.807) is 28.8 Å². The number of fused-ring (bicyclic) bond motifs is 1. The summed E-state index contributed by atoms with van der Waals surface area (Å²) in [7, 11) is 0. The maximum atomic E-state index is 13.9. The largest absolute Gasteiger partial charge is 0.494 e. The van der Waals surface area contributed by atoms with Crippen molar-refractivity contribution in [3.63, 3.8) is 0 Å². The second kappa shape index (κ2) is 11.0. The Morgan fingerprint density at radius 3 is 2.61 bits per heavy atom. The summed E-state index contributed by atoms with van der Waals surface area (Å²) in [5.74, 6) is -0.672. The fraction of sp³-hybridized carbons (Fsp3) is 0.667. The molecule has 0 radical (unpaired) electrons. The molecule has 3 aliphatic heterocycles. The minimum atomic E-state index is -0.645. The zero-order chi connectivity index (χ0) is 26.0. The van der Waals surface area contributed by atoms with Gasteiger partial charge in [0.1, 0.15) is 11.8 Å². The number of ether oxygens (including phenoxy) is 1. The van der Waals surface area contributed by atoms with Crippen molar-refractivity contribution in [3.05, 3.63) is 24.3 Å². The molecule has 3 heterocycles. The van der Waals surface area contributed by atoms with E-state index in [-0.39, 0.29) is 41.5 Å². The Bertz CT molecular complexity index is 973. The molecule has 1 aromatic rings. The van der Waals surface area contributed by atoms with E-state index >= 15 is 0 Å². The second-order valence-corrected chi connectivity index (χ2v) is 11.9. The first kappa shape index (κ1) is 26.8. The number of aliphatic hydroxyl groups excluding tert-OH is 1. The van der Waals surface area contributed by atoms with Crippen molar-refractivity contribution >= 4 is 35.2 Å². The summed E-state index contributed by atoms with van der Waals surface area (Å²) in [6.07, 6.45) is 3.00. The molecule has 0 saturated carbocycles. The summed E-state index contributed by atoms with van der Waals surface area (Å²) in [5.41, 5.74) is 0.656. The topological polar surface area (TPSA) is 108 Å². The highest BCUT2D eigenvalue weighted by Gasteiger charge is 2.75. The van der Waals surface area contributed by atoms with Gasteiger partial charge in [-0.15, -0.1) is 11.8 Å². The number of nitrogens with one attached hydrogen (secondary N) is 2. The molecule has 7 atom stereocenters. The molecule has 36 heavy (non-hydrogen) atoms. The van der Waals surface area contributed by atoms with E-state index in [9.17, 15) is 19.5 Å². The quantitative estimate of drug-likeness (QED) is 0.416. The monoisotopic (exact) mass is 517 g/mol. The summed E-state index contributed by atoms with van der Waals surface area (Å²) < 4.78 is 4.84. The number of thioether (sulfide) groups is 1. The zero-order valence-corrected chi connectivity index (χ0v) is 22.5. The lowest BCUT2D eigenvalue weighted by atomic mass is 9.65. The van der Waals surface area contributed by atoms with Crippen LogP contribution >= 0.6 is 11.8 Å². The molecule has 3 amide bonds. The molecule has 3 N–H and O–H groups in total. The van der Waals surface area contributed by atoms with Crippen LogP contribution in [0.3, 0.4) is 0 Å². The van der Waals surface area contributed by atoms with Gasteiger partial charge in [-0.1, -0.05) is 20.3 Å². The molecule has 3 fully saturated rings. The van der Waals surface area contributed by atoms with E-state index in [1.165, 1.54) is 0 Å². The van der Waals surface area contributed by atoms with Crippen LogP contribution < -0.4 is 15.4 Å². The highest BCUT2D eigenvalue weighted by atomic mass is 32.2. The van der Waals surface area contributed by atoms with Crippen LogP contribution in [0.25, 0.3) is 0 Å². The van der Waals surface area contributed by atoms with Crippen molar-refractivity contribution in [2.45, 2.75) is 75.5 Å². The maximum absolute atomic E-state index is 13.9. The third-order valence-electron chi connectivity index (χ3n) is 7.90. The average Bonchev–Trinajstić information content (AvgIpc) is 3.42. The molecule has 9 heteroatoms. The Hall–Kier alpha value is -2.26. The SMILES string of the molecule is CCCC(C)NC(=O)C1N(CCCO)C(=O)[C@@H]2[C@H](C(=O)Nc3ccc(OCC)cc3)[C@@H]3CC(C)C12S3. The summed E-state index contributed by atoms with van der Waals surface area (Å²) in [5, 5.41) is 15.6. The van der Waals surface area contributed by atoms with Crippen LogP contribution in [0, 0.1) is 17.8 Å². The fourth-order valence-corrected chi connectivity index (χ4v) is 8.88. The van der Waals surface area contributed by atoms with Gasteiger partial charge < -0.3 is 25.4 Å². The molecule has 1 aromatic carbocycles. The van der Waals surface area contributed by atoms with Gasteiger partial charge in [0.2, 0.25) is 17.7 Å². The Morgan fingerprint density at radius 1 is 1.25 bits per heavy atom. The first-order valence-corrected chi connectivity index (χ1v) is 14.1. The normalized spacial score (nSPS) is 31.3. The molecule has 0 aliphatic carbocycles. The van der Waals surface area contributed by atoms with Crippen LogP contribution in [-0.4, -0.2) is 69.6 Å². The van der Waals surface area contributed by atoms with Gasteiger partial charge in [0.05, 0.1) is 23.2 Å². The van der Waals surface area contributed by atoms with E-state index < -0.39 is 22.6 Å². The average molecular weight is 518 g/mol. The van der Waals surface area contributed by atoms with Gasteiger partial charge in [0.15, 0.2) is 0 Å². The van der Waals surface area contributed by atoms with E-state index in [2.05, 4.69) is 24.5 Å².